The van der Waals surface area contributed by atoms with Crippen LogP contribution in [0.2, 0.25) is 10.2 Å². The third-order valence-corrected chi connectivity index (χ3v) is 4.65. The van der Waals surface area contributed by atoms with Gasteiger partial charge < -0.3 is 5.32 Å². The summed E-state index contributed by atoms with van der Waals surface area (Å²) in [6, 6.07) is 14.1. The van der Waals surface area contributed by atoms with Crippen molar-refractivity contribution in [2.24, 2.45) is 0 Å². The van der Waals surface area contributed by atoms with Gasteiger partial charge in [0.15, 0.2) is 0 Å². The molecule has 0 unspecified atom stereocenters. The number of nitrogens with one attached hydrogen (secondary N) is 1. The molecule has 0 fully saturated rings. The van der Waals surface area contributed by atoms with Crippen molar-refractivity contribution in [3.05, 3.63) is 86.9 Å². The second kappa shape index (κ2) is 8.00. The van der Waals surface area contributed by atoms with E-state index in [1.54, 1.807) is 16.8 Å². The fourth-order valence-corrected chi connectivity index (χ4v) is 3.02. The Kier molecular flexibility index (Phi) is 5.74. The van der Waals surface area contributed by atoms with Crippen LogP contribution < -0.4 is 5.32 Å². The number of benzene rings is 2. The Bertz CT molecular complexity index is 842. The van der Waals surface area contributed by atoms with Gasteiger partial charge in [-0.1, -0.05) is 47.5 Å². The van der Waals surface area contributed by atoms with Crippen molar-refractivity contribution in [3.8, 4) is 0 Å². The van der Waals surface area contributed by atoms with Crippen molar-refractivity contribution >= 4 is 23.2 Å². The Morgan fingerprint density at radius 3 is 2.28 bits per heavy atom. The Labute approximate surface area is 156 Å². The lowest BCUT2D eigenvalue weighted by Crippen LogP contribution is -2.13. The minimum atomic E-state index is -0.251. The quantitative estimate of drug-likeness (QED) is 0.656. The van der Waals surface area contributed by atoms with E-state index in [0.29, 0.717) is 18.2 Å². The van der Waals surface area contributed by atoms with Gasteiger partial charge in [-0.15, -0.1) is 0 Å². The summed E-state index contributed by atoms with van der Waals surface area (Å²) in [4.78, 5) is 0. The second-order valence-corrected chi connectivity index (χ2v) is 6.66. The van der Waals surface area contributed by atoms with Crippen LogP contribution in [0.3, 0.4) is 0 Å². The predicted molar refractivity (Wildman–Crippen MR) is 99.5 cm³/mol. The minimum absolute atomic E-state index is 0.251. The summed E-state index contributed by atoms with van der Waals surface area (Å²) >= 11 is 12.4. The Hall–Kier alpha value is -1.88. The van der Waals surface area contributed by atoms with E-state index in [4.69, 9.17) is 23.2 Å². The van der Waals surface area contributed by atoms with Gasteiger partial charge >= 0.3 is 0 Å². The van der Waals surface area contributed by atoms with Gasteiger partial charge in [-0.25, -0.2) is 9.07 Å². The monoisotopic (exact) mass is 377 g/mol. The van der Waals surface area contributed by atoms with Gasteiger partial charge in [0, 0.05) is 23.7 Å². The highest BCUT2D eigenvalue weighted by atomic mass is 35.5. The molecule has 2 aromatic carbocycles. The van der Waals surface area contributed by atoms with Crippen molar-refractivity contribution < 1.29 is 4.39 Å². The number of rotatable bonds is 6. The van der Waals surface area contributed by atoms with E-state index in [-0.39, 0.29) is 5.82 Å². The summed E-state index contributed by atoms with van der Waals surface area (Å²) in [5.41, 5.74) is 3.96. The van der Waals surface area contributed by atoms with E-state index in [0.717, 1.165) is 34.0 Å². The van der Waals surface area contributed by atoms with E-state index in [1.165, 1.54) is 12.1 Å². The van der Waals surface area contributed by atoms with Crippen LogP contribution in [0.25, 0.3) is 0 Å². The second-order valence-electron chi connectivity index (χ2n) is 5.87. The third kappa shape index (κ3) is 4.60. The zero-order chi connectivity index (χ0) is 17.8. The summed E-state index contributed by atoms with van der Waals surface area (Å²) in [5.74, 6) is -0.251. The maximum Gasteiger partial charge on any atom is 0.132 e. The lowest BCUT2D eigenvalue weighted by atomic mass is 10.2. The van der Waals surface area contributed by atoms with Crippen LogP contribution in [-0.2, 0) is 19.6 Å². The first-order valence-electron chi connectivity index (χ1n) is 7.94. The molecule has 130 valence electrons. The molecule has 0 aliphatic carbocycles. The molecule has 0 saturated carbocycles. The maximum atomic E-state index is 13.0. The highest BCUT2D eigenvalue weighted by Crippen LogP contribution is 2.21. The van der Waals surface area contributed by atoms with Crippen molar-refractivity contribution in [1.82, 2.24) is 15.1 Å². The summed E-state index contributed by atoms with van der Waals surface area (Å²) in [6.45, 7) is 3.79. The molecule has 0 radical (unpaired) electrons. The summed E-state index contributed by atoms with van der Waals surface area (Å²) in [5, 5.41) is 9.20. The zero-order valence-corrected chi connectivity index (χ0v) is 15.3. The van der Waals surface area contributed by atoms with E-state index in [2.05, 4.69) is 10.4 Å². The summed E-state index contributed by atoms with van der Waals surface area (Å²) in [7, 11) is 0. The average Bonchev–Trinajstić information content (AvgIpc) is 2.86. The molecule has 1 heterocycles. The highest BCUT2D eigenvalue weighted by molar-refractivity contribution is 6.30. The fraction of sp³-hybridized carbons (Fsp3) is 0.211. The molecule has 0 aliphatic rings. The molecule has 3 aromatic rings. The van der Waals surface area contributed by atoms with Gasteiger partial charge in [0.25, 0.3) is 0 Å². The molecule has 0 atom stereocenters. The number of aromatic nitrogens is 2. The van der Waals surface area contributed by atoms with Crippen LogP contribution in [0.4, 0.5) is 4.39 Å². The molecule has 0 bridgehead atoms. The molecule has 1 N–H and O–H groups in total. The van der Waals surface area contributed by atoms with Crippen LogP contribution >= 0.6 is 23.2 Å². The van der Waals surface area contributed by atoms with Gasteiger partial charge in [-0.05, 0) is 42.3 Å². The number of hydrogen-bond donors (Lipinski definition) is 1. The first kappa shape index (κ1) is 17.9. The third-order valence-electron chi connectivity index (χ3n) is 3.97. The number of nitrogens with zero attached hydrogens (tertiary/aromatic N) is 2. The van der Waals surface area contributed by atoms with Crippen LogP contribution in [-0.4, -0.2) is 9.78 Å². The Morgan fingerprint density at radius 1 is 0.960 bits per heavy atom. The topological polar surface area (TPSA) is 29.9 Å². The number of halogens is 3. The molecule has 0 spiro atoms. The lowest BCUT2D eigenvalue weighted by molar-refractivity contribution is 0.624. The van der Waals surface area contributed by atoms with Crippen LogP contribution in [0.5, 0.6) is 0 Å². The summed E-state index contributed by atoms with van der Waals surface area (Å²) < 4.78 is 14.7. The average molecular weight is 378 g/mol. The van der Waals surface area contributed by atoms with Crippen molar-refractivity contribution in [1.29, 1.82) is 0 Å². The van der Waals surface area contributed by atoms with E-state index in [9.17, 15) is 4.39 Å². The molecule has 1 aromatic heterocycles. The Balaban J connectivity index is 1.64. The largest absolute Gasteiger partial charge is 0.308 e. The molecule has 0 saturated heterocycles. The Morgan fingerprint density at radius 2 is 1.60 bits per heavy atom. The first-order valence-corrected chi connectivity index (χ1v) is 8.70. The van der Waals surface area contributed by atoms with Crippen LogP contribution in [0, 0.1) is 12.7 Å². The molecular weight excluding hydrogens is 360 g/mol. The van der Waals surface area contributed by atoms with Crippen molar-refractivity contribution in [2.45, 2.75) is 26.6 Å². The van der Waals surface area contributed by atoms with Crippen LogP contribution in [0.1, 0.15) is 22.4 Å². The highest BCUT2D eigenvalue weighted by Gasteiger charge is 2.13. The molecule has 6 heteroatoms. The molecular formula is C19H18Cl2FN3. The number of aryl methyl sites for hydroxylation is 1. The fourth-order valence-electron chi connectivity index (χ4n) is 2.59. The summed E-state index contributed by atoms with van der Waals surface area (Å²) in [6.07, 6.45) is 0. The minimum Gasteiger partial charge on any atom is -0.308 e. The zero-order valence-electron chi connectivity index (χ0n) is 13.8. The molecule has 25 heavy (non-hydrogen) atoms. The van der Waals surface area contributed by atoms with Gasteiger partial charge in [-0.2, -0.15) is 5.10 Å². The molecule has 3 nitrogen and oxygen atoms in total. The molecule has 3 rings (SSSR count). The van der Waals surface area contributed by atoms with E-state index >= 15 is 0 Å². The van der Waals surface area contributed by atoms with Gasteiger partial charge in [-0.3, -0.25) is 0 Å². The first-order chi connectivity index (χ1) is 12.0. The number of hydrogen-bond acceptors (Lipinski definition) is 2. The van der Waals surface area contributed by atoms with Gasteiger partial charge in [0.1, 0.15) is 11.0 Å². The van der Waals surface area contributed by atoms with Gasteiger partial charge in [0.2, 0.25) is 0 Å². The van der Waals surface area contributed by atoms with E-state index < -0.39 is 0 Å². The smallest absolute Gasteiger partial charge is 0.132 e. The van der Waals surface area contributed by atoms with Crippen molar-refractivity contribution in [3.63, 3.8) is 0 Å². The SMILES string of the molecule is Cc1nn(Cc2ccc(F)cc2)c(Cl)c1CNCc1ccc(Cl)cc1. The lowest BCUT2D eigenvalue weighted by Gasteiger charge is -2.06. The normalized spacial score (nSPS) is 11.0. The van der Waals surface area contributed by atoms with Gasteiger partial charge in [0.05, 0.1) is 12.2 Å². The van der Waals surface area contributed by atoms with Crippen LogP contribution in [0.15, 0.2) is 48.5 Å². The maximum absolute atomic E-state index is 13.0. The predicted octanol–water partition coefficient (Wildman–Crippen LogP) is 4.98. The molecule has 0 amide bonds. The van der Waals surface area contributed by atoms with E-state index in [1.807, 2.05) is 31.2 Å². The molecule has 0 aliphatic heterocycles. The standard InChI is InChI=1S/C19H18Cl2FN3/c1-13-18(11-23-10-14-2-6-16(20)7-3-14)19(21)25(24-13)12-15-4-8-17(22)9-5-15/h2-9,23H,10-12H2,1H3. The van der Waals surface area contributed by atoms with Crippen molar-refractivity contribution in [2.75, 3.05) is 0 Å².